The minimum atomic E-state index is 0. The molecule has 6 nitrogen and oxygen atoms in total. The van der Waals surface area contributed by atoms with Crippen LogP contribution >= 0.6 is 24.0 Å². The highest BCUT2D eigenvalue weighted by Gasteiger charge is 2.41. The summed E-state index contributed by atoms with van der Waals surface area (Å²) in [4.78, 5) is 9.43. The molecular formula is C18H26IN5O. The molecule has 3 unspecified atom stereocenters. The van der Waals surface area contributed by atoms with E-state index in [1.165, 1.54) is 6.42 Å². The number of ether oxygens (including phenoxy) is 1. The van der Waals surface area contributed by atoms with Gasteiger partial charge in [0.25, 0.3) is 0 Å². The van der Waals surface area contributed by atoms with Crippen molar-refractivity contribution >= 4 is 41.0 Å². The molecule has 7 heteroatoms. The topological polar surface area (TPSA) is 63.5 Å². The number of nitrogens with one attached hydrogen (secondary N) is 2. The minimum Gasteiger partial charge on any atom is -0.373 e. The molecule has 3 heterocycles. The van der Waals surface area contributed by atoms with E-state index in [9.17, 15) is 0 Å². The van der Waals surface area contributed by atoms with E-state index >= 15 is 0 Å². The van der Waals surface area contributed by atoms with Crippen molar-refractivity contribution < 1.29 is 4.74 Å². The molecule has 3 atom stereocenters. The Labute approximate surface area is 165 Å². The Kier molecular flexibility index (Phi) is 5.83. The van der Waals surface area contributed by atoms with Crippen LogP contribution in [0.4, 0.5) is 0 Å². The largest absolute Gasteiger partial charge is 0.373 e. The second-order valence-electron chi connectivity index (χ2n) is 6.63. The van der Waals surface area contributed by atoms with Crippen molar-refractivity contribution in [2.45, 2.75) is 51.0 Å². The zero-order chi connectivity index (χ0) is 16.5. The zero-order valence-corrected chi connectivity index (χ0v) is 17.1. The molecule has 0 aliphatic carbocycles. The van der Waals surface area contributed by atoms with Crippen LogP contribution < -0.4 is 10.6 Å². The summed E-state index contributed by atoms with van der Waals surface area (Å²) in [5.41, 5.74) is 2.16. The molecule has 2 aromatic rings. The van der Waals surface area contributed by atoms with Crippen LogP contribution in [0, 0.1) is 0 Å². The average Bonchev–Trinajstić information content (AvgIpc) is 3.28. The number of para-hydroxylation sites is 2. The van der Waals surface area contributed by atoms with Crippen molar-refractivity contribution in [2.24, 2.45) is 12.0 Å². The number of aliphatic imine (C=N–C) groups is 1. The molecule has 25 heavy (non-hydrogen) atoms. The van der Waals surface area contributed by atoms with Gasteiger partial charge in [0.15, 0.2) is 5.96 Å². The van der Waals surface area contributed by atoms with E-state index in [1.807, 2.05) is 25.2 Å². The van der Waals surface area contributed by atoms with Gasteiger partial charge in [0.2, 0.25) is 0 Å². The van der Waals surface area contributed by atoms with Crippen LogP contribution in [0.5, 0.6) is 0 Å². The Bertz CT molecular complexity index is 759. The van der Waals surface area contributed by atoms with Crippen molar-refractivity contribution in [1.29, 1.82) is 0 Å². The fourth-order valence-electron chi connectivity index (χ4n) is 3.77. The zero-order valence-electron chi connectivity index (χ0n) is 14.7. The molecule has 2 bridgehead atoms. The first-order valence-corrected chi connectivity index (χ1v) is 8.85. The third-order valence-corrected chi connectivity index (χ3v) is 5.03. The smallest absolute Gasteiger partial charge is 0.192 e. The molecule has 2 saturated heterocycles. The van der Waals surface area contributed by atoms with Gasteiger partial charge in [0.1, 0.15) is 12.4 Å². The lowest BCUT2D eigenvalue weighted by molar-refractivity contribution is 0.0992. The van der Waals surface area contributed by atoms with Crippen molar-refractivity contribution in [2.75, 3.05) is 6.54 Å². The van der Waals surface area contributed by atoms with Crippen LogP contribution in [-0.2, 0) is 18.3 Å². The van der Waals surface area contributed by atoms with Gasteiger partial charge in [-0.25, -0.2) is 9.98 Å². The Balaban J connectivity index is 0.00000182. The number of halogens is 1. The summed E-state index contributed by atoms with van der Waals surface area (Å²) < 4.78 is 8.04. The number of benzene rings is 1. The molecule has 2 aliphatic rings. The third kappa shape index (κ3) is 3.76. The van der Waals surface area contributed by atoms with Crippen LogP contribution in [0.3, 0.4) is 0 Å². The predicted octanol–water partition coefficient (Wildman–Crippen LogP) is 2.57. The summed E-state index contributed by atoms with van der Waals surface area (Å²) in [7, 11) is 2.05. The molecule has 0 amide bonds. The molecule has 1 aromatic heterocycles. The number of hydrogen-bond acceptors (Lipinski definition) is 3. The van der Waals surface area contributed by atoms with Crippen LogP contribution in [0.2, 0.25) is 0 Å². The van der Waals surface area contributed by atoms with E-state index in [0.29, 0.717) is 24.8 Å². The number of fused-ring (bicyclic) bond motifs is 3. The summed E-state index contributed by atoms with van der Waals surface area (Å²) in [5, 5.41) is 6.89. The molecule has 0 radical (unpaired) electrons. The monoisotopic (exact) mass is 455 g/mol. The molecule has 0 saturated carbocycles. The predicted molar refractivity (Wildman–Crippen MR) is 110 cm³/mol. The maximum Gasteiger partial charge on any atom is 0.192 e. The first-order chi connectivity index (χ1) is 11.7. The lowest BCUT2D eigenvalue weighted by atomic mass is 9.96. The molecule has 2 fully saturated rings. The second-order valence-corrected chi connectivity index (χ2v) is 6.63. The van der Waals surface area contributed by atoms with E-state index in [0.717, 1.165) is 42.2 Å². The fraction of sp³-hybridized carbons (Fsp3) is 0.556. The third-order valence-electron chi connectivity index (χ3n) is 5.03. The van der Waals surface area contributed by atoms with Gasteiger partial charge in [0, 0.05) is 13.6 Å². The van der Waals surface area contributed by atoms with Gasteiger partial charge in [-0.2, -0.15) is 0 Å². The standard InChI is InChI=1S/C18H25N5O.HI/c1-3-19-18(22-14-10-12-8-9-16(14)24-12)20-11-17-21-13-6-4-5-7-15(13)23(17)2;/h4-7,12,14,16H,3,8-11H2,1-2H3,(H2,19,20,22);1H. The van der Waals surface area contributed by atoms with Crippen molar-refractivity contribution in [3.8, 4) is 0 Å². The first kappa shape index (κ1) is 18.4. The number of rotatable bonds is 4. The Morgan fingerprint density at radius 1 is 1.36 bits per heavy atom. The Morgan fingerprint density at radius 3 is 2.88 bits per heavy atom. The summed E-state index contributed by atoms with van der Waals surface area (Å²) in [6, 6.07) is 8.56. The SMILES string of the molecule is CCNC(=NCc1nc2ccccc2n1C)NC1CC2CCC1O2.I. The number of nitrogens with zero attached hydrogens (tertiary/aromatic N) is 3. The second kappa shape index (κ2) is 7.90. The molecule has 1 aromatic carbocycles. The van der Waals surface area contributed by atoms with Crippen LogP contribution in [0.25, 0.3) is 11.0 Å². The number of imidazole rings is 1. The van der Waals surface area contributed by atoms with Crippen LogP contribution in [0.1, 0.15) is 32.0 Å². The van der Waals surface area contributed by atoms with Gasteiger partial charge in [-0.1, -0.05) is 12.1 Å². The number of guanidine groups is 1. The molecular weight excluding hydrogens is 429 g/mol. The quantitative estimate of drug-likeness (QED) is 0.423. The Hall–Kier alpha value is -1.35. The van der Waals surface area contributed by atoms with Gasteiger partial charge >= 0.3 is 0 Å². The van der Waals surface area contributed by atoms with E-state index in [2.05, 4.69) is 33.2 Å². The molecule has 2 aliphatic heterocycles. The fourth-order valence-corrected chi connectivity index (χ4v) is 3.77. The Morgan fingerprint density at radius 2 is 2.20 bits per heavy atom. The maximum atomic E-state index is 5.92. The van der Waals surface area contributed by atoms with E-state index < -0.39 is 0 Å². The highest BCUT2D eigenvalue weighted by molar-refractivity contribution is 14.0. The van der Waals surface area contributed by atoms with Gasteiger partial charge < -0.3 is 19.9 Å². The number of aryl methyl sites for hydroxylation is 1. The molecule has 2 N–H and O–H groups in total. The average molecular weight is 455 g/mol. The van der Waals surface area contributed by atoms with E-state index in [1.54, 1.807) is 0 Å². The number of hydrogen-bond donors (Lipinski definition) is 2. The van der Waals surface area contributed by atoms with Gasteiger partial charge in [-0.05, 0) is 38.3 Å². The van der Waals surface area contributed by atoms with Crippen molar-refractivity contribution in [3.63, 3.8) is 0 Å². The van der Waals surface area contributed by atoms with Crippen molar-refractivity contribution in [3.05, 3.63) is 30.1 Å². The molecule has 4 rings (SSSR count). The highest BCUT2D eigenvalue weighted by atomic mass is 127. The highest BCUT2D eigenvalue weighted by Crippen LogP contribution is 2.34. The lowest BCUT2D eigenvalue weighted by Gasteiger charge is -2.22. The van der Waals surface area contributed by atoms with Crippen molar-refractivity contribution in [1.82, 2.24) is 20.2 Å². The van der Waals surface area contributed by atoms with Crippen LogP contribution in [0.15, 0.2) is 29.3 Å². The summed E-state index contributed by atoms with van der Waals surface area (Å²) in [5.74, 6) is 1.82. The number of aromatic nitrogens is 2. The maximum absolute atomic E-state index is 5.92. The van der Waals surface area contributed by atoms with Gasteiger partial charge in [-0.15, -0.1) is 24.0 Å². The summed E-state index contributed by atoms with van der Waals surface area (Å²) in [6.07, 6.45) is 4.23. The molecule has 136 valence electrons. The summed E-state index contributed by atoms with van der Waals surface area (Å²) in [6.45, 7) is 3.49. The van der Waals surface area contributed by atoms with E-state index in [4.69, 9.17) is 9.73 Å². The lowest BCUT2D eigenvalue weighted by Crippen LogP contribution is -2.47. The normalized spacial score (nSPS) is 25.2. The van der Waals surface area contributed by atoms with Gasteiger partial charge in [-0.3, -0.25) is 0 Å². The first-order valence-electron chi connectivity index (χ1n) is 8.85. The molecule has 0 spiro atoms. The van der Waals surface area contributed by atoms with E-state index in [-0.39, 0.29) is 24.0 Å². The minimum absolute atomic E-state index is 0. The summed E-state index contributed by atoms with van der Waals surface area (Å²) >= 11 is 0. The van der Waals surface area contributed by atoms with Crippen LogP contribution in [-0.4, -0.2) is 40.3 Å². The van der Waals surface area contributed by atoms with Gasteiger partial charge in [0.05, 0.1) is 29.3 Å².